The molecule has 0 amide bonds. The predicted molar refractivity (Wildman–Crippen MR) is 65.7 cm³/mol. The van der Waals surface area contributed by atoms with Gasteiger partial charge < -0.3 is 0 Å². The standard InChI is InChI=1S/C10H8F3IOS/c1-2-8(15)6-3-4-9(7(14)5-6)16-10(11,12)13/h3-5H,2H2,1H3. The Labute approximate surface area is 109 Å². The van der Waals surface area contributed by atoms with Gasteiger partial charge in [-0.25, -0.2) is 0 Å². The van der Waals surface area contributed by atoms with E-state index in [1.807, 2.05) is 0 Å². The molecule has 0 bridgehead atoms. The van der Waals surface area contributed by atoms with Crippen LogP contribution in [0.15, 0.2) is 23.1 Å². The molecule has 88 valence electrons. The number of thioether (sulfide) groups is 1. The van der Waals surface area contributed by atoms with Crippen molar-refractivity contribution in [1.82, 2.24) is 0 Å². The SMILES string of the molecule is CCC(=O)c1ccc(SC(F)(F)F)c(I)c1. The molecule has 0 fully saturated rings. The Morgan fingerprint density at radius 1 is 1.44 bits per heavy atom. The van der Waals surface area contributed by atoms with E-state index in [2.05, 4.69) is 0 Å². The largest absolute Gasteiger partial charge is 0.446 e. The van der Waals surface area contributed by atoms with Crippen molar-refractivity contribution in [2.75, 3.05) is 0 Å². The molecule has 0 saturated heterocycles. The zero-order valence-corrected chi connectivity index (χ0v) is 11.2. The number of Topliss-reactive ketones (excluding diaryl/α,β-unsaturated/α-hetero) is 1. The van der Waals surface area contributed by atoms with Crippen molar-refractivity contribution in [1.29, 1.82) is 0 Å². The van der Waals surface area contributed by atoms with Crippen molar-refractivity contribution in [3.63, 3.8) is 0 Å². The first-order valence-corrected chi connectivity index (χ1v) is 6.31. The van der Waals surface area contributed by atoms with Crippen molar-refractivity contribution in [3.05, 3.63) is 27.3 Å². The Morgan fingerprint density at radius 3 is 2.50 bits per heavy atom. The van der Waals surface area contributed by atoms with E-state index in [9.17, 15) is 18.0 Å². The molecular formula is C10H8F3IOS. The first-order chi connectivity index (χ1) is 7.33. The molecule has 0 radical (unpaired) electrons. The lowest BCUT2D eigenvalue weighted by molar-refractivity contribution is -0.0328. The molecule has 0 aliphatic heterocycles. The molecule has 1 aromatic rings. The fourth-order valence-electron chi connectivity index (χ4n) is 1.09. The lowest BCUT2D eigenvalue weighted by atomic mass is 10.1. The van der Waals surface area contributed by atoms with Crippen LogP contribution >= 0.6 is 34.4 Å². The fourth-order valence-corrected chi connectivity index (χ4v) is 2.47. The Kier molecular flexibility index (Phi) is 4.66. The Hall–Kier alpha value is -0.240. The monoisotopic (exact) mass is 360 g/mol. The van der Waals surface area contributed by atoms with Crippen LogP contribution in [-0.2, 0) is 0 Å². The highest BCUT2D eigenvalue weighted by molar-refractivity contribution is 14.1. The fraction of sp³-hybridized carbons (Fsp3) is 0.300. The lowest BCUT2D eigenvalue weighted by Gasteiger charge is -2.08. The van der Waals surface area contributed by atoms with Crippen molar-refractivity contribution in [2.45, 2.75) is 23.7 Å². The number of benzene rings is 1. The second-order valence-electron chi connectivity index (χ2n) is 2.97. The highest BCUT2D eigenvalue weighted by Gasteiger charge is 2.30. The highest BCUT2D eigenvalue weighted by atomic mass is 127. The van der Waals surface area contributed by atoms with E-state index >= 15 is 0 Å². The number of rotatable bonds is 3. The number of carbonyl (C=O) groups is 1. The van der Waals surface area contributed by atoms with E-state index < -0.39 is 5.51 Å². The third kappa shape index (κ3) is 3.97. The minimum absolute atomic E-state index is 0.0681. The Bertz CT molecular complexity index is 404. The van der Waals surface area contributed by atoms with Crippen LogP contribution < -0.4 is 0 Å². The van der Waals surface area contributed by atoms with Gasteiger partial charge in [-0.1, -0.05) is 13.0 Å². The maximum Gasteiger partial charge on any atom is 0.446 e. The Morgan fingerprint density at radius 2 is 2.06 bits per heavy atom. The molecule has 0 aliphatic carbocycles. The zero-order valence-electron chi connectivity index (χ0n) is 8.27. The van der Waals surface area contributed by atoms with Gasteiger partial charge in [0.2, 0.25) is 0 Å². The van der Waals surface area contributed by atoms with Gasteiger partial charge in [-0.2, -0.15) is 13.2 Å². The van der Waals surface area contributed by atoms with Crippen molar-refractivity contribution in [2.24, 2.45) is 0 Å². The second kappa shape index (κ2) is 5.39. The van der Waals surface area contributed by atoms with E-state index in [1.165, 1.54) is 18.2 Å². The molecule has 0 N–H and O–H groups in total. The number of halogens is 4. The molecule has 1 rings (SSSR count). The third-order valence-corrected chi connectivity index (χ3v) is 3.87. The first kappa shape index (κ1) is 13.8. The number of ketones is 1. The van der Waals surface area contributed by atoms with E-state index in [1.54, 1.807) is 29.5 Å². The van der Waals surface area contributed by atoms with Gasteiger partial charge in [0.25, 0.3) is 0 Å². The summed E-state index contributed by atoms with van der Waals surface area (Å²) in [5.74, 6) is -0.0681. The van der Waals surface area contributed by atoms with Gasteiger partial charge in [0.1, 0.15) is 0 Å². The number of carbonyl (C=O) groups excluding carboxylic acids is 1. The van der Waals surface area contributed by atoms with Gasteiger partial charge >= 0.3 is 5.51 Å². The smallest absolute Gasteiger partial charge is 0.294 e. The summed E-state index contributed by atoms with van der Waals surface area (Å²) < 4.78 is 36.9. The van der Waals surface area contributed by atoms with Gasteiger partial charge in [-0.15, -0.1) is 0 Å². The molecule has 0 heterocycles. The van der Waals surface area contributed by atoms with Gasteiger partial charge in [-0.3, -0.25) is 4.79 Å². The average Bonchev–Trinajstić information content (AvgIpc) is 2.18. The molecule has 0 unspecified atom stereocenters. The van der Waals surface area contributed by atoms with Crippen LogP contribution in [0.1, 0.15) is 23.7 Å². The molecule has 0 spiro atoms. The topological polar surface area (TPSA) is 17.1 Å². The summed E-state index contributed by atoms with van der Waals surface area (Å²) >= 11 is 1.64. The van der Waals surface area contributed by atoms with Crippen LogP contribution in [0.2, 0.25) is 0 Å². The summed E-state index contributed by atoms with van der Waals surface area (Å²) in [6, 6.07) is 4.26. The number of hydrogen-bond donors (Lipinski definition) is 0. The number of hydrogen-bond acceptors (Lipinski definition) is 2. The zero-order chi connectivity index (χ0) is 12.3. The average molecular weight is 360 g/mol. The molecule has 0 atom stereocenters. The van der Waals surface area contributed by atoms with Gasteiger partial charge in [-0.05, 0) is 46.5 Å². The van der Waals surface area contributed by atoms with Gasteiger partial charge in [0.15, 0.2) is 5.78 Å². The van der Waals surface area contributed by atoms with Gasteiger partial charge in [0, 0.05) is 20.4 Å². The van der Waals surface area contributed by atoms with E-state index in [-0.39, 0.29) is 22.4 Å². The number of alkyl halides is 3. The summed E-state index contributed by atoms with van der Waals surface area (Å²) in [5, 5.41) is 0. The lowest BCUT2D eigenvalue weighted by Crippen LogP contribution is -2.02. The van der Waals surface area contributed by atoms with Crippen LogP contribution in [0.4, 0.5) is 13.2 Å². The molecule has 1 nitrogen and oxygen atoms in total. The van der Waals surface area contributed by atoms with Crippen molar-refractivity contribution < 1.29 is 18.0 Å². The molecule has 0 aromatic heterocycles. The quantitative estimate of drug-likeness (QED) is 0.449. The van der Waals surface area contributed by atoms with Crippen LogP contribution in [0.3, 0.4) is 0 Å². The minimum Gasteiger partial charge on any atom is -0.294 e. The van der Waals surface area contributed by atoms with Crippen LogP contribution in [0, 0.1) is 3.57 Å². The Balaban J connectivity index is 2.96. The molecule has 1 aromatic carbocycles. The summed E-state index contributed by atoms with van der Waals surface area (Å²) in [6.45, 7) is 1.72. The first-order valence-electron chi connectivity index (χ1n) is 4.42. The third-order valence-electron chi connectivity index (χ3n) is 1.80. The second-order valence-corrected chi connectivity index (χ2v) is 5.24. The van der Waals surface area contributed by atoms with Crippen LogP contribution in [0.5, 0.6) is 0 Å². The van der Waals surface area contributed by atoms with Crippen LogP contribution in [0.25, 0.3) is 0 Å². The predicted octanol–water partition coefficient (Wildman–Crippen LogP) is 4.50. The highest BCUT2D eigenvalue weighted by Crippen LogP contribution is 2.39. The van der Waals surface area contributed by atoms with E-state index in [4.69, 9.17) is 0 Å². The molecule has 0 saturated carbocycles. The summed E-state index contributed by atoms with van der Waals surface area (Å²) in [7, 11) is 0. The van der Waals surface area contributed by atoms with E-state index in [0.29, 0.717) is 15.6 Å². The maximum atomic E-state index is 12.1. The molecule has 6 heteroatoms. The van der Waals surface area contributed by atoms with Crippen molar-refractivity contribution in [3.8, 4) is 0 Å². The van der Waals surface area contributed by atoms with Crippen LogP contribution in [-0.4, -0.2) is 11.3 Å². The normalized spacial score (nSPS) is 11.6. The van der Waals surface area contributed by atoms with E-state index in [0.717, 1.165) is 0 Å². The van der Waals surface area contributed by atoms with Crippen molar-refractivity contribution >= 4 is 40.1 Å². The molecule has 16 heavy (non-hydrogen) atoms. The summed E-state index contributed by atoms with van der Waals surface area (Å²) in [5.41, 5.74) is -3.84. The minimum atomic E-state index is -4.30. The molecular weight excluding hydrogens is 352 g/mol. The summed E-state index contributed by atoms with van der Waals surface area (Å²) in [4.78, 5) is 11.5. The summed E-state index contributed by atoms with van der Waals surface area (Å²) in [6.07, 6.45) is 0.349. The molecule has 0 aliphatic rings. The maximum absolute atomic E-state index is 12.1. The van der Waals surface area contributed by atoms with Gasteiger partial charge in [0.05, 0.1) is 0 Å².